The normalized spacial score (nSPS) is 9.89. The second-order valence-corrected chi connectivity index (χ2v) is 3.23. The number of aliphatic hydroxyl groups is 1. The molecule has 0 saturated carbocycles. The first-order chi connectivity index (χ1) is 4.33. The molecule has 0 atom stereocenters. The smallest absolute Gasteiger partial charge is 0.176 e. The number of H-pyrrole nitrogens is 1. The average molecular weight is 162 g/mol. The highest BCUT2D eigenvalue weighted by atomic mass is 32.1. The van der Waals surface area contributed by atoms with E-state index in [9.17, 15) is 0 Å². The summed E-state index contributed by atoms with van der Waals surface area (Å²) in [5, 5.41) is 15.8. The molecule has 0 saturated heterocycles. The van der Waals surface area contributed by atoms with Gasteiger partial charge in [-0.2, -0.15) is 5.10 Å². The molecule has 1 rings (SSSR count). The van der Waals surface area contributed by atoms with E-state index in [1.54, 1.807) is 0 Å². The van der Waals surface area contributed by atoms with Crippen molar-refractivity contribution in [3.8, 4) is 0 Å². The highest BCUT2D eigenvalue weighted by Gasteiger charge is 1.93. The number of hydrogen-bond acceptors (Lipinski definition) is 4. The van der Waals surface area contributed by atoms with Gasteiger partial charge in [-0.1, -0.05) is 11.3 Å². The summed E-state index contributed by atoms with van der Waals surface area (Å²) in [5.41, 5.74) is 0. The SMILES string of the molecule is OCCc1n[nH]c(=S)s1. The summed E-state index contributed by atoms with van der Waals surface area (Å²) in [4.78, 5) is 0. The van der Waals surface area contributed by atoms with Crippen molar-refractivity contribution < 1.29 is 5.11 Å². The number of nitrogens with zero attached hydrogens (tertiary/aromatic N) is 1. The maximum absolute atomic E-state index is 8.45. The van der Waals surface area contributed by atoms with Crippen LogP contribution >= 0.6 is 23.6 Å². The molecule has 2 N–H and O–H groups in total. The Morgan fingerprint density at radius 1 is 1.78 bits per heavy atom. The second-order valence-electron chi connectivity index (χ2n) is 1.48. The zero-order valence-electron chi connectivity index (χ0n) is 4.63. The Morgan fingerprint density at radius 2 is 2.56 bits per heavy atom. The molecule has 0 radical (unpaired) electrons. The van der Waals surface area contributed by atoms with Crippen LogP contribution in [0.1, 0.15) is 5.01 Å². The van der Waals surface area contributed by atoms with Crippen molar-refractivity contribution in [2.24, 2.45) is 0 Å². The molecule has 50 valence electrons. The molecule has 1 aromatic heterocycles. The van der Waals surface area contributed by atoms with Crippen molar-refractivity contribution in [2.45, 2.75) is 6.42 Å². The minimum absolute atomic E-state index is 0.135. The van der Waals surface area contributed by atoms with Gasteiger partial charge in [0.15, 0.2) is 3.95 Å². The quantitative estimate of drug-likeness (QED) is 0.630. The Morgan fingerprint density at radius 3 is 3.00 bits per heavy atom. The van der Waals surface area contributed by atoms with Crippen LogP contribution in [0.15, 0.2) is 0 Å². The summed E-state index contributed by atoms with van der Waals surface area (Å²) in [6.07, 6.45) is 0.595. The fourth-order valence-electron chi connectivity index (χ4n) is 0.463. The highest BCUT2D eigenvalue weighted by molar-refractivity contribution is 7.73. The van der Waals surface area contributed by atoms with Crippen molar-refractivity contribution >= 4 is 23.6 Å². The Balaban J connectivity index is 2.73. The van der Waals surface area contributed by atoms with Crippen molar-refractivity contribution in [1.82, 2.24) is 10.2 Å². The zero-order chi connectivity index (χ0) is 6.69. The standard InChI is InChI=1S/C4H6N2OS2/c7-2-1-3-5-6-4(8)9-3/h7H,1-2H2,(H,6,8). The van der Waals surface area contributed by atoms with Gasteiger partial charge in [0.2, 0.25) is 0 Å². The van der Waals surface area contributed by atoms with Crippen LogP contribution in [0.2, 0.25) is 0 Å². The second kappa shape index (κ2) is 3.05. The molecular weight excluding hydrogens is 156 g/mol. The molecule has 0 spiro atoms. The molecule has 9 heavy (non-hydrogen) atoms. The van der Waals surface area contributed by atoms with E-state index in [0.717, 1.165) is 5.01 Å². The van der Waals surface area contributed by atoms with Gasteiger partial charge < -0.3 is 5.11 Å². The lowest BCUT2D eigenvalue weighted by Gasteiger charge is -1.82. The van der Waals surface area contributed by atoms with E-state index in [1.165, 1.54) is 11.3 Å². The highest BCUT2D eigenvalue weighted by Crippen LogP contribution is 2.03. The van der Waals surface area contributed by atoms with Gasteiger partial charge in [0.05, 0.1) is 0 Å². The maximum Gasteiger partial charge on any atom is 0.176 e. The van der Waals surface area contributed by atoms with E-state index in [-0.39, 0.29) is 6.61 Å². The molecule has 1 heterocycles. The molecule has 0 aliphatic rings. The first kappa shape index (κ1) is 6.85. The summed E-state index contributed by atoms with van der Waals surface area (Å²) >= 11 is 6.17. The molecule has 0 amide bonds. The predicted octanol–water partition coefficient (Wildman–Crippen LogP) is 0.735. The Hall–Kier alpha value is -0.260. The fourth-order valence-corrected chi connectivity index (χ4v) is 1.39. The topological polar surface area (TPSA) is 48.9 Å². The molecule has 0 aliphatic carbocycles. The third-order valence-corrected chi connectivity index (χ3v) is 1.96. The van der Waals surface area contributed by atoms with Crippen LogP contribution in [0, 0.1) is 3.95 Å². The lowest BCUT2D eigenvalue weighted by Crippen LogP contribution is -1.88. The summed E-state index contributed by atoms with van der Waals surface area (Å²) < 4.78 is 0.665. The fraction of sp³-hybridized carbons (Fsp3) is 0.500. The first-order valence-corrected chi connectivity index (χ1v) is 3.70. The Bertz CT molecular complexity index is 228. The lowest BCUT2D eigenvalue weighted by molar-refractivity contribution is 0.299. The van der Waals surface area contributed by atoms with Gasteiger partial charge in [0.1, 0.15) is 5.01 Å². The van der Waals surface area contributed by atoms with Crippen LogP contribution in [0.5, 0.6) is 0 Å². The Kier molecular flexibility index (Phi) is 2.32. The molecular formula is C4H6N2OS2. The van der Waals surface area contributed by atoms with Crippen LogP contribution in [-0.2, 0) is 6.42 Å². The average Bonchev–Trinajstić information content (AvgIpc) is 2.17. The van der Waals surface area contributed by atoms with Crippen LogP contribution in [0.25, 0.3) is 0 Å². The van der Waals surface area contributed by atoms with Crippen molar-refractivity contribution in [1.29, 1.82) is 0 Å². The van der Waals surface area contributed by atoms with E-state index in [2.05, 4.69) is 10.2 Å². The number of aromatic amines is 1. The number of nitrogens with one attached hydrogen (secondary N) is 1. The molecule has 0 bridgehead atoms. The third-order valence-electron chi connectivity index (χ3n) is 0.808. The van der Waals surface area contributed by atoms with Crippen LogP contribution < -0.4 is 0 Å². The van der Waals surface area contributed by atoms with E-state index >= 15 is 0 Å². The van der Waals surface area contributed by atoms with Crippen LogP contribution in [-0.4, -0.2) is 21.9 Å². The van der Waals surface area contributed by atoms with E-state index in [1.807, 2.05) is 0 Å². The molecule has 0 aromatic carbocycles. The summed E-state index contributed by atoms with van der Waals surface area (Å²) in [6, 6.07) is 0. The molecule has 0 fully saturated rings. The van der Waals surface area contributed by atoms with Crippen LogP contribution in [0.3, 0.4) is 0 Å². The third kappa shape index (κ3) is 1.85. The lowest BCUT2D eigenvalue weighted by atomic mass is 10.5. The van der Waals surface area contributed by atoms with Gasteiger partial charge in [-0.3, -0.25) is 5.10 Å². The zero-order valence-corrected chi connectivity index (χ0v) is 6.26. The van der Waals surface area contributed by atoms with Gasteiger partial charge in [-0.05, 0) is 12.2 Å². The van der Waals surface area contributed by atoms with E-state index in [4.69, 9.17) is 17.3 Å². The van der Waals surface area contributed by atoms with E-state index in [0.29, 0.717) is 10.4 Å². The van der Waals surface area contributed by atoms with Crippen LogP contribution in [0.4, 0.5) is 0 Å². The minimum Gasteiger partial charge on any atom is -0.396 e. The predicted molar refractivity (Wildman–Crippen MR) is 38.1 cm³/mol. The summed E-state index contributed by atoms with van der Waals surface area (Å²) in [6.45, 7) is 0.135. The monoisotopic (exact) mass is 162 g/mol. The first-order valence-electron chi connectivity index (χ1n) is 2.48. The maximum atomic E-state index is 8.45. The van der Waals surface area contributed by atoms with Crippen molar-refractivity contribution in [3.63, 3.8) is 0 Å². The number of hydrogen-bond donors (Lipinski definition) is 2. The van der Waals surface area contributed by atoms with Gasteiger partial charge in [-0.25, -0.2) is 0 Å². The number of rotatable bonds is 2. The van der Waals surface area contributed by atoms with Gasteiger partial charge >= 0.3 is 0 Å². The number of aromatic nitrogens is 2. The largest absolute Gasteiger partial charge is 0.396 e. The van der Waals surface area contributed by atoms with Gasteiger partial charge in [0.25, 0.3) is 0 Å². The number of aliphatic hydroxyl groups excluding tert-OH is 1. The molecule has 0 unspecified atom stereocenters. The molecule has 3 nitrogen and oxygen atoms in total. The Labute approximate surface area is 61.4 Å². The van der Waals surface area contributed by atoms with Gasteiger partial charge in [0, 0.05) is 13.0 Å². The molecule has 5 heteroatoms. The minimum atomic E-state index is 0.135. The van der Waals surface area contributed by atoms with E-state index < -0.39 is 0 Å². The van der Waals surface area contributed by atoms with Crippen molar-refractivity contribution in [3.05, 3.63) is 8.96 Å². The van der Waals surface area contributed by atoms with Crippen molar-refractivity contribution in [2.75, 3.05) is 6.61 Å². The molecule has 1 aromatic rings. The molecule has 0 aliphatic heterocycles. The van der Waals surface area contributed by atoms with Gasteiger partial charge in [-0.15, -0.1) is 0 Å². The summed E-state index contributed by atoms with van der Waals surface area (Å²) in [5.74, 6) is 0. The summed E-state index contributed by atoms with van der Waals surface area (Å²) in [7, 11) is 0.